The zero-order valence-corrected chi connectivity index (χ0v) is 33.3. The van der Waals surface area contributed by atoms with E-state index in [9.17, 15) is 0 Å². The molecule has 0 amide bonds. The Bertz CT molecular complexity index is 3050. The molecule has 0 aliphatic heterocycles. The first kappa shape index (κ1) is 35.4. The first-order valence-corrected chi connectivity index (χ1v) is 20.2. The molecule has 3 aromatic heterocycles. The Kier molecular flexibility index (Phi) is 8.64. The van der Waals surface area contributed by atoms with Crippen LogP contribution in [0.15, 0.2) is 195 Å². The minimum atomic E-state index is -0.295. The Hall–Kier alpha value is -7.04. The van der Waals surface area contributed by atoms with Crippen LogP contribution in [0, 0.1) is 0 Å². The van der Waals surface area contributed by atoms with Crippen LogP contribution in [0.4, 0.5) is 0 Å². The summed E-state index contributed by atoms with van der Waals surface area (Å²) in [5.74, 6) is 0.889. The molecular formula is C54H45N4+. The lowest BCUT2D eigenvalue weighted by atomic mass is 9.77. The van der Waals surface area contributed by atoms with Gasteiger partial charge in [-0.1, -0.05) is 129 Å². The summed E-state index contributed by atoms with van der Waals surface area (Å²) in [7, 11) is 0. The predicted molar refractivity (Wildman–Crippen MR) is 243 cm³/mol. The van der Waals surface area contributed by atoms with Crippen molar-refractivity contribution in [2.75, 3.05) is 0 Å². The third-order valence-electron chi connectivity index (χ3n) is 12.0. The third-order valence-corrected chi connectivity index (χ3v) is 12.0. The molecule has 10 rings (SSSR count). The second kappa shape index (κ2) is 14.2. The average molecular weight is 750 g/mol. The van der Waals surface area contributed by atoms with E-state index in [0.717, 1.165) is 28.1 Å². The summed E-state index contributed by atoms with van der Waals surface area (Å²) in [6.45, 7) is 9.16. The van der Waals surface area contributed by atoms with E-state index in [0.29, 0.717) is 6.04 Å². The van der Waals surface area contributed by atoms with E-state index in [-0.39, 0.29) is 5.41 Å². The molecule has 7 aromatic carbocycles. The molecule has 0 fully saturated rings. The van der Waals surface area contributed by atoms with Crippen molar-refractivity contribution < 1.29 is 0 Å². The maximum atomic E-state index is 5.10. The average Bonchev–Trinajstić information content (AvgIpc) is 3.83. The van der Waals surface area contributed by atoms with Gasteiger partial charge in [-0.25, -0.2) is 9.55 Å². The Balaban J connectivity index is 1.13. The second-order valence-electron chi connectivity index (χ2n) is 16.1. The molecule has 0 saturated heterocycles. The van der Waals surface area contributed by atoms with E-state index in [4.69, 9.17) is 4.98 Å². The number of hydrogen-bond donors (Lipinski definition) is 0. The molecule has 58 heavy (non-hydrogen) atoms. The number of rotatable bonds is 8. The van der Waals surface area contributed by atoms with Gasteiger partial charge in [0, 0.05) is 46.6 Å². The van der Waals surface area contributed by atoms with Gasteiger partial charge < -0.3 is 0 Å². The summed E-state index contributed by atoms with van der Waals surface area (Å²) in [5, 5.41) is 2.42. The van der Waals surface area contributed by atoms with Gasteiger partial charge in [0.15, 0.2) is 17.4 Å². The zero-order valence-electron chi connectivity index (χ0n) is 33.3. The first-order chi connectivity index (χ1) is 28.4. The molecule has 4 nitrogen and oxygen atoms in total. The topological polar surface area (TPSA) is 27.7 Å². The molecule has 0 bridgehead atoms. The van der Waals surface area contributed by atoms with E-state index in [1.54, 1.807) is 0 Å². The van der Waals surface area contributed by atoms with Crippen LogP contribution in [-0.4, -0.2) is 18.7 Å². The summed E-state index contributed by atoms with van der Waals surface area (Å²) in [6.07, 6.45) is 4.21. The van der Waals surface area contributed by atoms with Crippen LogP contribution >= 0.6 is 0 Å². The van der Waals surface area contributed by atoms with Gasteiger partial charge in [0.25, 0.3) is 0 Å². The normalized spacial score (nSPS) is 11.9. The lowest BCUT2D eigenvalue weighted by Gasteiger charge is -2.26. The molecule has 0 saturated carbocycles. The monoisotopic (exact) mass is 749 g/mol. The lowest BCUT2D eigenvalue weighted by Crippen LogP contribution is -2.19. The summed E-state index contributed by atoms with van der Waals surface area (Å²) in [6, 6.07) is 66.3. The van der Waals surface area contributed by atoms with Crippen molar-refractivity contribution >= 4 is 32.8 Å². The maximum absolute atomic E-state index is 5.10. The third kappa shape index (κ3) is 5.92. The van der Waals surface area contributed by atoms with Gasteiger partial charge in [-0.3, -0.25) is 4.57 Å². The molecule has 3 heterocycles. The van der Waals surface area contributed by atoms with Gasteiger partial charge in [-0.05, 0) is 101 Å². The Morgan fingerprint density at radius 1 is 0.500 bits per heavy atom. The van der Waals surface area contributed by atoms with E-state index in [1.807, 2.05) is 6.20 Å². The standard InChI is InChI=1S/C54H45N4/c1-37(2)56-36-57(50-28-14-13-27-49(50)56)43-22-15-21-41(34-43)54(3,4)42-29-30-47-46-23-11-12-26-48(46)58(51(47)35-42)52-33-40(31-32-55-52)53-44(38-17-7-5-8-18-38)24-16-25-45(53)39-19-9-6-10-20-39/h5-37H,1-4H3/q+1. The van der Waals surface area contributed by atoms with Gasteiger partial charge in [-0.2, -0.15) is 4.57 Å². The zero-order chi connectivity index (χ0) is 39.4. The Labute approximate surface area is 339 Å². The first-order valence-electron chi connectivity index (χ1n) is 20.2. The second-order valence-corrected chi connectivity index (χ2v) is 16.1. The fraction of sp³-hybridized carbons (Fsp3) is 0.111. The minimum Gasteiger partial charge on any atom is -0.294 e. The number of hydrogen-bond acceptors (Lipinski definition) is 1. The molecule has 0 atom stereocenters. The summed E-state index contributed by atoms with van der Waals surface area (Å²) in [4.78, 5) is 5.10. The molecule has 280 valence electrons. The molecule has 0 aliphatic carbocycles. The van der Waals surface area contributed by atoms with Crippen LogP contribution in [0.2, 0.25) is 0 Å². The Morgan fingerprint density at radius 2 is 1.10 bits per heavy atom. The molecular weight excluding hydrogens is 705 g/mol. The van der Waals surface area contributed by atoms with Crippen molar-refractivity contribution in [2.24, 2.45) is 0 Å². The van der Waals surface area contributed by atoms with E-state index >= 15 is 0 Å². The van der Waals surface area contributed by atoms with Crippen molar-refractivity contribution in [3.8, 4) is 44.9 Å². The summed E-state index contributed by atoms with van der Waals surface area (Å²) < 4.78 is 7.04. The molecule has 0 spiro atoms. The van der Waals surface area contributed by atoms with Gasteiger partial charge in [0.2, 0.25) is 0 Å². The number of para-hydroxylation sites is 3. The van der Waals surface area contributed by atoms with Crippen LogP contribution < -0.4 is 0 Å². The van der Waals surface area contributed by atoms with Crippen molar-refractivity contribution in [3.63, 3.8) is 0 Å². The number of nitrogens with zero attached hydrogens (tertiary/aromatic N) is 4. The smallest absolute Gasteiger partial charge is 0.191 e. The molecule has 0 N–H and O–H groups in total. The van der Waals surface area contributed by atoms with E-state index < -0.39 is 0 Å². The molecule has 0 aliphatic rings. The summed E-state index contributed by atoms with van der Waals surface area (Å²) >= 11 is 0. The van der Waals surface area contributed by atoms with Crippen LogP contribution in [-0.2, 0) is 5.41 Å². The van der Waals surface area contributed by atoms with E-state index in [1.165, 1.54) is 60.8 Å². The highest BCUT2D eigenvalue weighted by Gasteiger charge is 2.27. The van der Waals surface area contributed by atoms with Crippen LogP contribution in [0.5, 0.6) is 0 Å². The van der Waals surface area contributed by atoms with Crippen molar-refractivity contribution in [1.29, 1.82) is 0 Å². The molecule has 0 unspecified atom stereocenters. The fourth-order valence-corrected chi connectivity index (χ4v) is 8.85. The molecule has 4 heteroatoms. The van der Waals surface area contributed by atoms with Gasteiger partial charge in [0.1, 0.15) is 11.5 Å². The molecule has 0 radical (unpaired) electrons. The quantitative estimate of drug-likeness (QED) is 0.142. The highest BCUT2D eigenvalue weighted by molar-refractivity contribution is 6.09. The highest BCUT2D eigenvalue weighted by Crippen LogP contribution is 2.42. The van der Waals surface area contributed by atoms with Gasteiger partial charge in [0.05, 0.1) is 17.1 Å². The number of pyridine rings is 1. The number of aromatic nitrogens is 4. The van der Waals surface area contributed by atoms with Crippen molar-refractivity contribution in [3.05, 3.63) is 206 Å². The lowest BCUT2D eigenvalue weighted by molar-refractivity contribution is 0.612. The van der Waals surface area contributed by atoms with Crippen molar-refractivity contribution in [2.45, 2.75) is 39.2 Å². The highest BCUT2D eigenvalue weighted by atomic mass is 15.1. The summed E-state index contributed by atoms with van der Waals surface area (Å²) in [5.41, 5.74) is 15.2. The maximum Gasteiger partial charge on any atom is 0.191 e. The SMILES string of the molecule is CC(C)n1[cH+]n(-c2cccc(C(C)(C)c3ccc4c5ccccc5n(-c5cc(-c6c(-c7ccccc7)cccc6-c6ccccc6)ccn5)c4c3)c2)c2ccccc21. The van der Waals surface area contributed by atoms with E-state index in [2.05, 4.69) is 230 Å². The van der Waals surface area contributed by atoms with Crippen LogP contribution in [0.3, 0.4) is 0 Å². The van der Waals surface area contributed by atoms with Gasteiger partial charge >= 0.3 is 0 Å². The Morgan fingerprint density at radius 3 is 1.81 bits per heavy atom. The van der Waals surface area contributed by atoms with Gasteiger partial charge in [-0.15, -0.1) is 0 Å². The fourth-order valence-electron chi connectivity index (χ4n) is 8.85. The molecule has 10 aromatic rings. The number of imidazole rings is 1. The van der Waals surface area contributed by atoms with Crippen LogP contribution in [0.1, 0.15) is 44.9 Å². The number of benzene rings is 7. The largest absolute Gasteiger partial charge is 0.294 e. The van der Waals surface area contributed by atoms with Crippen molar-refractivity contribution in [1.82, 2.24) is 18.7 Å². The van der Waals surface area contributed by atoms with Crippen LogP contribution in [0.25, 0.3) is 77.7 Å². The minimum absolute atomic E-state index is 0.295. The predicted octanol–water partition coefficient (Wildman–Crippen LogP) is 14.1. The number of fused-ring (bicyclic) bond motifs is 4.